The lowest BCUT2D eigenvalue weighted by Gasteiger charge is -2.46. The van der Waals surface area contributed by atoms with E-state index in [2.05, 4.69) is 18.7 Å². The topological polar surface area (TPSA) is 38.5 Å². The number of hydrogen-bond donors (Lipinski definition) is 1. The van der Waals surface area contributed by atoms with Gasteiger partial charge in [0.15, 0.2) is 0 Å². The number of anilines is 1. The molecule has 1 fully saturated rings. The first-order valence-corrected chi connectivity index (χ1v) is 5.65. The van der Waals surface area contributed by atoms with Crippen LogP contribution in [0.2, 0.25) is 0 Å². The normalized spacial score (nSPS) is 19.2. The maximum absolute atomic E-state index is 5.80. The fraction of sp³-hybridized carbons (Fsp3) is 0.538. The zero-order chi connectivity index (χ0) is 11.8. The van der Waals surface area contributed by atoms with Crippen LogP contribution >= 0.6 is 0 Å². The summed E-state index contributed by atoms with van der Waals surface area (Å²) in [6.07, 6.45) is 0. The number of methoxy groups -OCH3 is 1. The van der Waals surface area contributed by atoms with Crippen LogP contribution in [0.1, 0.15) is 19.4 Å². The molecule has 0 aliphatic carbocycles. The number of benzene rings is 1. The van der Waals surface area contributed by atoms with Gasteiger partial charge in [0.05, 0.1) is 7.11 Å². The predicted octanol–water partition coefficient (Wildman–Crippen LogP) is 2.12. The number of nitrogen functional groups attached to an aromatic ring is 1. The highest BCUT2D eigenvalue weighted by atomic mass is 16.5. The number of nitrogens with two attached hydrogens (primary N) is 1. The summed E-state index contributed by atoms with van der Waals surface area (Å²) in [5.74, 6) is 0.930. The van der Waals surface area contributed by atoms with Gasteiger partial charge in [0.25, 0.3) is 0 Å². The molecule has 2 rings (SSSR count). The minimum Gasteiger partial charge on any atom is -0.496 e. The molecule has 16 heavy (non-hydrogen) atoms. The first-order valence-electron chi connectivity index (χ1n) is 5.65. The quantitative estimate of drug-likeness (QED) is 0.793. The first kappa shape index (κ1) is 11.3. The van der Waals surface area contributed by atoms with Crippen LogP contribution in [0.4, 0.5) is 5.69 Å². The second-order valence-electron chi connectivity index (χ2n) is 5.38. The maximum atomic E-state index is 5.80. The van der Waals surface area contributed by atoms with Crippen LogP contribution in [-0.2, 0) is 6.54 Å². The van der Waals surface area contributed by atoms with Crippen LogP contribution in [0.25, 0.3) is 0 Å². The molecular formula is C13H20N2O. The summed E-state index contributed by atoms with van der Waals surface area (Å²) < 4.78 is 5.34. The summed E-state index contributed by atoms with van der Waals surface area (Å²) in [5.41, 5.74) is 8.24. The maximum Gasteiger partial charge on any atom is 0.123 e. The van der Waals surface area contributed by atoms with E-state index in [-0.39, 0.29) is 0 Å². The van der Waals surface area contributed by atoms with Crippen LogP contribution in [0.3, 0.4) is 0 Å². The Bertz CT molecular complexity index is 380. The molecule has 0 saturated carbocycles. The van der Waals surface area contributed by atoms with Gasteiger partial charge in [0.1, 0.15) is 5.75 Å². The Morgan fingerprint density at radius 3 is 2.62 bits per heavy atom. The van der Waals surface area contributed by atoms with Crippen molar-refractivity contribution in [1.29, 1.82) is 0 Å². The van der Waals surface area contributed by atoms with E-state index in [1.807, 2.05) is 18.2 Å². The average Bonchev–Trinajstić information content (AvgIpc) is 2.15. The molecule has 3 nitrogen and oxygen atoms in total. The molecule has 0 amide bonds. The van der Waals surface area contributed by atoms with E-state index < -0.39 is 0 Å². The monoisotopic (exact) mass is 220 g/mol. The third kappa shape index (κ3) is 2.30. The van der Waals surface area contributed by atoms with Crippen molar-refractivity contribution in [3.8, 4) is 5.75 Å². The van der Waals surface area contributed by atoms with Crippen molar-refractivity contribution >= 4 is 5.69 Å². The Labute approximate surface area is 97.2 Å². The minimum absolute atomic E-state index is 0.466. The van der Waals surface area contributed by atoms with E-state index in [4.69, 9.17) is 10.5 Å². The SMILES string of the molecule is COc1ccc(N)cc1CN1CC(C)(C)C1. The van der Waals surface area contributed by atoms with Gasteiger partial charge in [-0.15, -0.1) is 0 Å². The Morgan fingerprint density at radius 1 is 1.38 bits per heavy atom. The van der Waals surface area contributed by atoms with Crippen molar-refractivity contribution in [3.05, 3.63) is 23.8 Å². The lowest BCUT2D eigenvalue weighted by Crippen LogP contribution is -2.52. The largest absolute Gasteiger partial charge is 0.496 e. The van der Waals surface area contributed by atoms with Crippen LogP contribution < -0.4 is 10.5 Å². The summed E-state index contributed by atoms with van der Waals surface area (Å²) in [6, 6.07) is 5.82. The van der Waals surface area contributed by atoms with Gasteiger partial charge < -0.3 is 10.5 Å². The van der Waals surface area contributed by atoms with Crippen LogP contribution in [0.5, 0.6) is 5.75 Å². The Hall–Kier alpha value is -1.22. The highest BCUT2D eigenvalue weighted by Gasteiger charge is 2.34. The van der Waals surface area contributed by atoms with Gasteiger partial charge in [-0.2, -0.15) is 0 Å². The number of rotatable bonds is 3. The first-order chi connectivity index (χ1) is 7.50. The summed E-state index contributed by atoms with van der Waals surface area (Å²) >= 11 is 0. The molecule has 1 aromatic rings. The molecule has 0 atom stereocenters. The van der Waals surface area contributed by atoms with E-state index in [9.17, 15) is 0 Å². The molecule has 0 radical (unpaired) electrons. The summed E-state index contributed by atoms with van der Waals surface area (Å²) in [4.78, 5) is 2.41. The highest BCUT2D eigenvalue weighted by Crippen LogP contribution is 2.32. The van der Waals surface area contributed by atoms with Crippen LogP contribution in [0.15, 0.2) is 18.2 Å². The number of likely N-dealkylation sites (tertiary alicyclic amines) is 1. The molecule has 2 N–H and O–H groups in total. The van der Waals surface area contributed by atoms with Crippen molar-refractivity contribution in [3.63, 3.8) is 0 Å². The van der Waals surface area contributed by atoms with Gasteiger partial charge >= 0.3 is 0 Å². The summed E-state index contributed by atoms with van der Waals surface area (Å²) in [7, 11) is 1.70. The molecular weight excluding hydrogens is 200 g/mol. The summed E-state index contributed by atoms with van der Waals surface area (Å²) in [6.45, 7) is 7.80. The fourth-order valence-corrected chi connectivity index (χ4v) is 2.44. The van der Waals surface area contributed by atoms with Crippen molar-refractivity contribution in [2.24, 2.45) is 5.41 Å². The Kier molecular flexibility index (Phi) is 2.80. The van der Waals surface area contributed by atoms with E-state index >= 15 is 0 Å². The summed E-state index contributed by atoms with van der Waals surface area (Å²) in [5, 5.41) is 0. The lowest BCUT2D eigenvalue weighted by molar-refractivity contribution is 0.0237. The fourth-order valence-electron chi connectivity index (χ4n) is 2.44. The van der Waals surface area contributed by atoms with Crippen LogP contribution in [0, 0.1) is 5.41 Å². The molecule has 1 saturated heterocycles. The molecule has 0 bridgehead atoms. The van der Waals surface area contributed by atoms with E-state index in [1.165, 1.54) is 5.56 Å². The molecule has 1 aliphatic heterocycles. The Morgan fingerprint density at radius 2 is 2.06 bits per heavy atom. The zero-order valence-electron chi connectivity index (χ0n) is 10.3. The van der Waals surface area contributed by atoms with Gasteiger partial charge in [0.2, 0.25) is 0 Å². The second kappa shape index (κ2) is 3.98. The Balaban J connectivity index is 2.06. The highest BCUT2D eigenvalue weighted by molar-refractivity contribution is 5.47. The van der Waals surface area contributed by atoms with Crippen molar-refractivity contribution in [1.82, 2.24) is 4.90 Å². The standard InChI is InChI=1S/C13H20N2O/c1-13(2)8-15(9-13)7-10-6-11(14)4-5-12(10)16-3/h4-6H,7-9,14H2,1-3H3. The third-order valence-electron chi connectivity index (χ3n) is 3.00. The molecule has 0 spiro atoms. The predicted molar refractivity (Wildman–Crippen MR) is 66.5 cm³/mol. The van der Waals surface area contributed by atoms with Gasteiger partial charge in [0, 0.05) is 30.9 Å². The molecule has 1 aromatic carbocycles. The molecule has 88 valence electrons. The third-order valence-corrected chi connectivity index (χ3v) is 3.00. The van der Waals surface area contributed by atoms with E-state index in [0.29, 0.717) is 5.41 Å². The van der Waals surface area contributed by atoms with Gasteiger partial charge in [-0.1, -0.05) is 13.8 Å². The minimum atomic E-state index is 0.466. The smallest absolute Gasteiger partial charge is 0.123 e. The second-order valence-corrected chi connectivity index (χ2v) is 5.38. The molecule has 1 heterocycles. The van der Waals surface area contributed by atoms with Crippen molar-refractivity contribution in [2.45, 2.75) is 20.4 Å². The molecule has 1 aliphatic rings. The van der Waals surface area contributed by atoms with Gasteiger partial charge in [-0.25, -0.2) is 0 Å². The molecule has 0 unspecified atom stereocenters. The molecule has 3 heteroatoms. The van der Waals surface area contributed by atoms with E-state index in [1.54, 1.807) is 7.11 Å². The number of nitrogens with zero attached hydrogens (tertiary/aromatic N) is 1. The average molecular weight is 220 g/mol. The van der Waals surface area contributed by atoms with E-state index in [0.717, 1.165) is 31.1 Å². The number of hydrogen-bond acceptors (Lipinski definition) is 3. The van der Waals surface area contributed by atoms with Gasteiger partial charge in [-0.05, 0) is 23.6 Å². The lowest BCUT2D eigenvalue weighted by atomic mass is 9.84. The molecule has 0 aromatic heterocycles. The van der Waals surface area contributed by atoms with Crippen molar-refractivity contribution < 1.29 is 4.74 Å². The van der Waals surface area contributed by atoms with Gasteiger partial charge in [-0.3, -0.25) is 4.90 Å². The van der Waals surface area contributed by atoms with Crippen LogP contribution in [-0.4, -0.2) is 25.1 Å². The number of ether oxygens (including phenoxy) is 1. The zero-order valence-corrected chi connectivity index (χ0v) is 10.3. The van der Waals surface area contributed by atoms with Crippen molar-refractivity contribution in [2.75, 3.05) is 25.9 Å².